The number of carbonyl (C=O) groups excluding carboxylic acids is 1. The second-order valence-electron chi connectivity index (χ2n) is 13.4. The molecule has 6 rings (SSSR count). The van der Waals surface area contributed by atoms with E-state index in [1.54, 1.807) is 12.3 Å². The summed E-state index contributed by atoms with van der Waals surface area (Å²) in [6, 6.07) is 14.1. The molecule has 4 N–H and O–H groups in total. The lowest BCUT2D eigenvalue weighted by molar-refractivity contribution is 0.0934. The number of hydrogen-bond acceptors (Lipinski definition) is 6. The van der Waals surface area contributed by atoms with E-state index in [-0.39, 0.29) is 28.6 Å². The van der Waals surface area contributed by atoms with Crippen LogP contribution in [0, 0.1) is 11.3 Å². The van der Waals surface area contributed by atoms with Crippen LogP contribution in [0.2, 0.25) is 0 Å². The van der Waals surface area contributed by atoms with E-state index in [1.807, 2.05) is 18.2 Å². The number of nitrogen functional groups attached to an aromatic ring is 1. The molecule has 1 amide bonds. The number of hydrogen-bond donors (Lipinski definition) is 3. The fourth-order valence-electron chi connectivity index (χ4n) is 6.60. The molecule has 2 aliphatic rings. The number of H-pyrrole nitrogens is 1. The van der Waals surface area contributed by atoms with Crippen molar-refractivity contribution in [2.24, 2.45) is 11.3 Å². The highest BCUT2D eigenvalue weighted by Crippen LogP contribution is 2.38. The fourth-order valence-corrected chi connectivity index (χ4v) is 7.53. The third kappa shape index (κ3) is 6.70. The van der Waals surface area contributed by atoms with Crippen molar-refractivity contribution in [3.05, 3.63) is 80.7 Å². The quantitative estimate of drug-likeness (QED) is 0.219. The number of aryl methyl sites for hydroxylation is 1. The number of aromatic amines is 1. The largest absolute Gasteiger partial charge is 0.394 e. The molecule has 7 nitrogen and oxygen atoms in total. The SMILES string of the molecule is CC(C)(C)[C@H]1CCc2nc3sc(C(=O)N[C@H](CCN4CCCCC4)c4ccc(-c5c[nH]c(=O)c(N)c5)cc4)cc3cc2C1. The van der Waals surface area contributed by atoms with E-state index in [4.69, 9.17) is 10.7 Å². The van der Waals surface area contributed by atoms with Gasteiger partial charge in [-0.25, -0.2) is 4.98 Å². The number of aromatic nitrogens is 2. The zero-order chi connectivity index (χ0) is 30.1. The van der Waals surface area contributed by atoms with Crippen LogP contribution >= 0.6 is 11.3 Å². The van der Waals surface area contributed by atoms with Gasteiger partial charge in [-0.15, -0.1) is 11.3 Å². The standard InChI is InChI=1S/C35H43N5O2S/c1-35(2,3)27-11-12-29-24(18-27)17-25-20-31(43-34(25)39-29)33(42)38-30(13-16-40-14-5-4-6-15-40)23-9-7-22(8-10-23)26-19-28(36)32(41)37-21-26/h7-10,17,19-21,27,30H,4-6,11-16,18,36H2,1-3H3,(H,37,41)(H,38,42)/t27-,30+/m0/s1. The number of piperidine rings is 1. The molecule has 1 saturated heterocycles. The molecular weight excluding hydrogens is 554 g/mol. The summed E-state index contributed by atoms with van der Waals surface area (Å²) in [5.74, 6) is 0.601. The van der Waals surface area contributed by atoms with Crippen molar-refractivity contribution in [3.63, 3.8) is 0 Å². The third-order valence-electron chi connectivity index (χ3n) is 9.39. The van der Waals surface area contributed by atoms with Gasteiger partial charge in [-0.1, -0.05) is 51.5 Å². The lowest BCUT2D eigenvalue weighted by Gasteiger charge is -2.34. The minimum absolute atomic E-state index is 0.0466. The van der Waals surface area contributed by atoms with E-state index < -0.39 is 0 Å². The van der Waals surface area contributed by atoms with Crippen LogP contribution in [0.1, 0.15) is 85.4 Å². The maximum absolute atomic E-state index is 13.7. The van der Waals surface area contributed by atoms with Crippen LogP contribution in [0.3, 0.4) is 0 Å². The second-order valence-corrected chi connectivity index (χ2v) is 14.4. The number of anilines is 1. The van der Waals surface area contributed by atoms with Gasteiger partial charge in [-0.05, 0) is 97.8 Å². The van der Waals surface area contributed by atoms with Crippen LogP contribution in [-0.4, -0.2) is 40.4 Å². The lowest BCUT2D eigenvalue weighted by Crippen LogP contribution is -2.35. The number of amides is 1. The van der Waals surface area contributed by atoms with Crippen LogP contribution in [0.5, 0.6) is 0 Å². The molecule has 4 heterocycles. The van der Waals surface area contributed by atoms with E-state index in [0.717, 1.165) is 65.8 Å². The average molecular weight is 598 g/mol. The zero-order valence-corrected chi connectivity index (χ0v) is 26.4. The van der Waals surface area contributed by atoms with Crippen molar-refractivity contribution < 1.29 is 4.79 Å². The molecule has 0 bridgehead atoms. The first-order chi connectivity index (χ1) is 20.6. The minimum atomic E-state index is -0.286. The van der Waals surface area contributed by atoms with Gasteiger partial charge in [-0.2, -0.15) is 0 Å². The smallest absolute Gasteiger partial charge is 0.271 e. The molecule has 3 aromatic heterocycles. The van der Waals surface area contributed by atoms with Crippen LogP contribution in [0.15, 0.2) is 53.5 Å². The predicted octanol–water partition coefficient (Wildman–Crippen LogP) is 6.73. The van der Waals surface area contributed by atoms with Crippen LogP contribution in [-0.2, 0) is 12.8 Å². The molecule has 1 aliphatic heterocycles. The Morgan fingerprint density at radius 2 is 1.88 bits per heavy atom. The summed E-state index contributed by atoms with van der Waals surface area (Å²) >= 11 is 1.50. The van der Waals surface area contributed by atoms with Crippen molar-refractivity contribution in [1.29, 1.82) is 0 Å². The molecule has 43 heavy (non-hydrogen) atoms. The summed E-state index contributed by atoms with van der Waals surface area (Å²) in [4.78, 5) is 37.3. The van der Waals surface area contributed by atoms with E-state index in [9.17, 15) is 9.59 Å². The summed E-state index contributed by atoms with van der Waals surface area (Å²) in [7, 11) is 0. The van der Waals surface area contributed by atoms with E-state index >= 15 is 0 Å². The highest BCUT2D eigenvalue weighted by Gasteiger charge is 2.30. The summed E-state index contributed by atoms with van der Waals surface area (Å²) in [5, 5.41) is 4.44. The first-order valence-electron chi connectivity index (χ1n) is 15.7. The second kappa shape index (κ2) is 12.2. The molecule has 0 spiro atoms. The lowest BCUT2D eigenvalue weighted by atomic mass is 9.71. The maximum atomic E-state index is 13.7. The molecule has 4 aromatic rings. The van der Waals surface area contributed by atoms with E-state index in [2.05, 4.69) is 54.2 Å². The number of thiophene rings is 1. The molecule has 0 radical (unpaired) electrons. The number of rotatable bonds is 7. The minimum Gasteiger partial charge on any atom is -0.394 e. The predicted molar refractivity (Wildman–Crippen MR) is 177 cm³/mol. The Morgan fingerprint density at radius 1 is 1.12 bits per heavy atom. The average Bonchev–Trinajstić information content (AvgIpc) is 3.42. The molecule has 226 valence electrons. The Balaban J connectivity index is 1.22. The number of carbonyl (C=O) groups is 1. The molecule has 1 fully saturated rings. The van der Waals surface area contributed by atoms with Gasteiger partial charge in [0, 0.05) is 29.4 Å². The van der Waals surface area contributed by atoms with Gasteiger partial charge in [0.2, 0.25) is 0 Å². The van der Waals surface area contributed by atoms with Crippen LogP contribution < -0.4 is 16.6 Å². The fraction of sp³-hybridized carbons (Fsp3) is 0.457. The summed E-state index contributed by atoms with van der Waals surface area (Å²) in [5.41, 5.74) is 11.4. The number of nitrogens with two attached hydrogens (primary N) is 1. The Morgan fingerprint density at radius 3 is 2.60 bits per heavy atom. The molecule has 8 heteroatoms. The first kappa shape index (κ1) is 29.6. The van der Waals surface area contributed by atoms with Crippen molar-refractivity contribution in [1.82, 2.24) is 20.2 Å². The van der Waals surface area contributed by atoms with Gasteiger partial charge in [0.15, 0.2) is 0 Å². The van der Waals surface area contributed by atoms with Gasteiger partial charge < -0.3 is 20.9 Å². The van der Waals surface area contributed by atoms with Crippen molar-refractivity contribution in [2.75, 3.05) is 25.4 Å². The van der Waals surface area contributed by atoms with Crippen LogP contribution in [0.25, 0.3) is 21.3 Å². The van der Waals surface area contributed by atoms with Gasteiger partial charge in [-0.3, -0.25) is 9.59 Å². The van der Waals surface area contributed by atoms with Gasteiger partial charge in [0.1, 0.15) is 4.83 Å². The monoisotopic (exact) mass is 597 g/mol. The Labute approximate surface area is 257 Å². The zero-order valence-electron chi connectivity index (χ0n) is 25.5. The maximum Gasteiger partial charge on any atom is 0.271 e. The molecular formula is C35H43N5O2S. The summed E-state index contributed by atoms with van der Waals surface area (Å²) in [6.45, 7) is 10.2. The van der Waals surface area contributed by atoms with Crippen LogP contribution in [0.4, 0.5) is 5.69 Å². The number of fused-ring (bicyclic) bond motifs is 2. The van der Waals surface area contributed by atoms with E-state index in [1.165, 1.54) is 48.3 Å². The molecule has 1 aliphatic carbocycles. The van der Waals surface area contributed by atoms with Gasteiger partial charge >= 0.3 is 0 Å². The molecule has 1 aromatic carbocycles. The van der Waals surface area contributed by atoms with Crippen molar-refractivity contribution >= 4 is 33.1 Å². The topological polar surface area (TPSA) is 104 Å². The highest BCUT2D eigenvalue weighted by atomic mass is 32.1. The van der Waals surface area contributed by atoms with Crippen molar-refractivity contribution in [3.8, 4) is 11.1 Å². The van der Waals surface area contributed by atoms with Crippen molar-refractivity contribution in [2.45, 2.75) is 71.8 Å². The summed E-state index contributed by atoms with van der Waals surface area (Å²) in [6.07, 6.45) is 9.52. The first-order valence-corrected chi connectivity index (χ1v) is 16.5. The molecule has 0 unspecified atom stereocenters. The molecule has 2 atom stereocenters. The Hall–Kier alpha value is -3.49. The number of benzene rings is 1. The number of pyridine rings is 2. The normalized spacial score (nSPS) is 18.3. The highest BCUT2D eigenvalue weighted by molar-refractivity contribution is 7.20. The number of nitrogens with one attached hydrogen (secondary N) is 2. The molecule has 0 saturated carbocycles. The third-order valence-corrected chi connectivity index (χ3v) is 10.4. The van der Waals surface area contributed by atoms with E-state index in [0.29, 0.717) is 10.8 Å². The number of likely N-dealkylation sites (tertiary alicyclic amines) is 1. The van der Waals surface area contributed by atoms with Gasteiger partial charge in [0.25, 0.3) is 11.5 Å². The van der Waals surface area contributed by atoms with Gasteiger partial charge in [0.05, 0.1) is 16.6 Å². The summed E-state index contributed by atoms with van der Waals surface area (Å²) < 4.78 is 0. The Kier molecular flexibility index (Phi) is 8.42. The number of nitrogens with zero attached hydrogens (tertiary/aromatic N) is 2. The Bertz CT molecular complexity index is 1660.